The first-order valence-electron chi connectivity index (χ1n) is 23.2. The molecule has 0 unspecified atom stereocenters. The van der Waals surface area contributed by atoms with Crippen LogP contribution in [0.1, 0.15) is 36.1 Å². The quantitative estimate of drug-likeness (QED) is 0.154. The molecule has 13 rings (SSSR count). The molecule has 1 aliphatic carbocycles. The summed E-state index contributed by atoms with van der Waals surface area (Å²) < 4.78 is 0. The van der Waals surface area contributed by atoms with Crippen LogP contribution in [-0.4, -0.2) is 0 Å². The van der Waals surface area contributed by atoms with Crippen LogP contribution in [0.2, 0.25) is 0 Å². The van der Waals surface area contributed by atoms with Crippen LogP contribution in [0, 0.1) is 0 Å². The van der Waals surface area contributed by atoms with E-state index in [1.165, 1.54) is 44.2 Å². The summed E-state index contributed by atoms with van der Waals surface area (Å²) in [5, 5.41) is 2.42. The maximum Gasteiger partial charge on any atom is 0.0703 e. The van der Waals surface area contributed by atoms with Crippen molar-refractivity contribution < 1.29 is 0 Å². The number of para-hydroxylation sites is 10. The lowest BCUT2D eigenvalue weighted by Gasteiger charge is -2.40. The van der Waals surface area contributed by atoms with Crippen molar-refractivity contribution in [3.8, 4) is 11.1 Å². The molecule has 318 valence electrons. The predicted molar refractivity (Wildman–Crippen MR) is 283 cm³/mol. The molecule has 0 N–H and O–H groups in total. The first-order valence-corrected chi connectivity index (χ1v) is 23.2. The van der Waals surface area contributed by atoms with E-state index in [-0.39, 0.29) is 5.41 Å². The molecular formula is C63H46N4. The average molecular weight is 859 g/mol. The largest absolute Gasteiger partial charge is 0.306 e. The van der Waals surface area contributed by atoms with Crippen molar-refractivity contribution in [2.75, 3.05) is 19.6 Å². The van der Waals surface area contributed by atoms with Crippen LogP contribution in [0.3, 0.4) is 0 Å². The Kier molecular flexibility index (Phi) is 8.84. The third kappa shape index (κ3) is 6.21. The minimum Gasteiger partial charge on any atom is -0.306 e. The average Bonchev–Trinajstić information content (AvgIpc) is 3.61. The van der Waals surface area contributed by atoms with Gasteiger partial charge in [0.2, 0.25) is 0 Å². The zero-order valence-electron chi connectivity index (χ0n) is 37.4. The summed E-state index contributed by atoms with van der Waals surface area (Å²) in [5.74, 6) is 0. The Labute approximate surface area is 392 Å². The zero-order chi connectivity index (χ0) is 44.6. The monoisotopic (exact) mass is 858 g/mol. The van der Waals surface area contributed by atoms with Crippen molar-refractivity contribution in [1.29, 1.82) is 0 Å². The molecule has 10 aromatic rings. The van der Waals surface area contributed by atoms with Gasteiger partial charge in [-0.2, -0.15) is 0 Å². The minimum absolute atomic E-state index is 0.189. The van der Waals surface area contributed by atoms with E-state index in [2.05, 4.69) is 276 Å². The fourth-order valence-corrected chi connectivity index (χ4v) is 10.8. The fourth-order valence-electron chi connectivity index (χ4n) is 10.8. The van der Waals surface area contributed by atoms with Crippen molar-refractivity contribution in [2.45, 2.75) is 19.3 Å². The molecule has 10 aromatic carbocycles. The van der Waals surface area contributed by atoms with Gasteiger partial charge in [-0.25, -0.2) is 0 Å². The van der Waals surface area contributed by atoms with Gasteiger partial charge in [-0.3, -0.25) is 0 Å². The molecule has 0 amide bonds. The highest BCUT2D eigenvalue weighted by atomic mass is 15.3. The van der Waals surface area contributed by atoms with Gasteiger partial charge in [0.25, 0.3) is 0 Å². The standard InChI is InChI=1S/C63H46N4/c1-63(2)53-40-44(32-37-51(53)52-38-36-50(42-54(52)63)67-61-27-15-11-23-57(61)65(48-19-7-4-8-20-48)58-24-12-16-28-62(58)67)30-29-43-31-33-46-41-49(35-34-45(46)39-43)66-59-25-13-9-21-55(59)64(47-17-5-3-6-18-47)56-22-10-14-26-60(56)66/h3-42H,1-2H3/b30-29+. The molecule has 0 fully saturated rings. The molecule has 67 heavy (non-hydrogen) atoms. The molecule has 0 bridgehead atoms. The summed E-state index contributed by atoms with van der Waals surface area (Å²) in [7, 11) is 0. The SMILES string of the molecule is CC1(C)c2cc(/C=C/c3ccc4cc(N5c6ccccc6N(c6ccccc6)c6ccccc65)ccc4c3)ccc2-c2ccc(N3c4ccccc4N(c4ccccc4)c4ccccc43)cc21. The Hall–Kier alpha value is -8.60. The molecule has 0 radical (unpaired) electrons. The molecule has 0 saturated carbocycles. The number of rotatable bonds is 6. The number of hydrogen-bond donors (Lipinski definition) is 0. The molecule has 4 nitrogen and oxygen atoms in total. The first-order chi connectivity index (χ1) is 33.0. The van der Waals surface area contributed by atoms with Crippen LogP contribution >= 0.6 is 0 Å². The second-order valence-corrected chi connectivity index (χ2v) is 18.3. The van der Waals surface area contributed by atoms with E-state index in [4.69, 9.17) is 0 Å². The molecule has 0 atom stereocenters. The Balaban J connectivity index is 0.795. The second kappa shape index (κ2) is 15.3. The topological polar surface area (TPSA) is 13.0 Å². The number of anilines is 12. The molecule has 2 heterocycles. The molecular weight excluding hydrogens is 813 g/mol. The predicted octanol–water partition coefficient (Wildman–Crippen LogP) is 17.8. The Bertz CT molecular complexity index is 3500. The van der Waals surface area contributed by atoms with Crippen molar-refractivity contribution in [2.24, 2.45) is 0 Å². The van der Waals surface area contributed by atoms with E-state index in [0.717, 1.165) is 68.2 Å². The van der Waals surface area contributed by atoms with Gasteiger partial charge in [0.1, 0.15) is 0 Å². The van der Waals surface area contributed by atoms with E-state index >= 15 is 0 Å². The molecule has 0 saturated heterocycles. The summed E-state index contributed by atoms with van der Waals surface area (Å²) in [5.41, 5.74) is 21.4. The lowest BCUT2D eigenvalue weighted by Crippen LogP contribution is -2.24. The van der Waals surface area contributed by atoms with E-state index < -0.39 is 0 Å². The molecule has 3 aliphatic rings. The Morgan fingerprint density at radius 3 is 1.09 bits per heavy atom. The lowest BCUT2D eigenvalue weighted by molar-refractivity contribution is 0.660. The van der Waals surface area contributed by atoms with Crippen LogP contribution < -0.4 is 19.6 Å². The summed E-state index contributed by atoms with van der Waals surface area (Å²) in [6.45, 7) is 4.75. The van der Waals surface area contributed by atoms with Crippen LogP contribution in [0.5, 0.6) is 0 Å². The van der Waals surface area contributed by atoms with Gasteiger partial charge in [-0.1, -0.05) is 153 Å². The molecule has 0 aromatic heterocycles. The summed E-state index contributed by atoms with van der Waals surface area (Å²) in [4.78, 5) is 9.59. The number of hydrogen-bond acceptors (Lipinski definition) is 4. The summed E-state index contributed by atoms with van der Waals surface area (Å²) in [6, 6.07) is 84.0. The first kappa shape index (κ1) is 38.8. The van der Waals surface area contributed by atoms with Crippen molar-refractivity contribution in [1.82, 2.24) is 0 Å². The number of nitrogens with zero attached hydrogens (tertiary/aromatic N) is 4. The van der Waals surface area contributed by atoms with Crippen LogP contribution in [0.15, 0.2) is 231 Å². The highest BCUT2D eigenvalue weighted by Crippen LogP contribution is 2.57. The van der Waals surface area contributed by atoms with Crippen molar-refractivity contribution in [3.05, 3.63) is 253 Å². The van der Waals surface area contributed by atoms with E-state index in [1.54, 1.807) is 0 Å². The van der Waals surface area contributed by atoms with Gasteiger partial charge in [0.05, 0.1) is 45.5 Å². The van der Waals surface area contributed by atoms with Crippen molar-refractivity contribution >= 4 is 91.2 Å². The maximum absolute atomic E-state index is 2.44. The normalized spacial score (nSPS) is 14.1. The van der Waals surface area contributed by atoms with Crippen LogP contribution in [0.4, 0.5) is 68.2 Å². The van der Waals surface area contributed by atoms with Gasteiger partial charge in [-0.15, -0.1) is 0 Å². The second-order valence-electron chi connectivity index (χ2n) is 18.3. The third-order valence-electron chi connectivity index (χ3n) is 14.0. The number of benzene rings is 10. The third-order valence-corrected chi connectivity index (χ3v) is 14.0. The van der Waals surface area contributed by atoms with E-state index in [9.17, 15) is 0 Å². The lowest BCUT2D eigenvalue weighted by atomic mass is 9.81. The highest BCUT2D eigenvalue weighted by Gasteiger charge is 2.38. The fraction of sp³-hybridized carbons (Fsp3) is 0.0476. The van der Waals surface area contributed by atoms with E-state index in [0.29, 0.717) is 0 Å². The van der Waals surface area contributed by atoms with Crippen LogP contribution in [0.25, 0.3) is 34.1 Å². The van der Waals surface area contributed by atoms with Crippen LogP contribution in [-0.2, 0) is 5.41 Å². The van der Waals surface area contributed by atoms with E-state index in [1.807, 2.05) is 0 Å². The van der Waals surface area contributed by atoms with Gasteiger partial charge in [-0.05, 0) is 147 Å². The minimum atomic E-state index is -0.189. The summed E-state index contributed by atoms with van der Waals surface area (Å²) in [6.07, 6.45) is 4.52. The van der Waals surface area contributed by atoms with Gasteiger partial charge < -0.3 is 19.6 Å². The smallest absolute Gasteiger partial charge is 0.0703 e. The van der Waals surface area contributed by atoms with Crippen molar-refractivity contribution in [3.63, 3.8) is 0 Å². The molecule has 4 heteroatoms. The highest BCUT2D eigenvalue weighted by molar-refractivity contribution is 6.04. The zero-order valence-corrected chi connectivity index (χ0v) is 37.4. The Morgan fingerprint density at radius 1 is 0.284 bits per heavy atom. The Morgan fingerprint density at radius 2 is 0.612 bits per heavy atom. The number of fused-ring (bicyclic) bond motifs is 8. The molecule has 2 aliphatic heterocycles. The van der Waals surface area contributed by atoms with Gasteiger partial charge in [0.15, 0.2) is 0 Å². The summed E-state index contributed by atoms with van der Waals surface area (Å²) >= 11 is 0. The van der Waals surface area contributed by atoms with Gasteiger partial charge in [0, 0.05) is 28.2 Å². The van der Waals surface area contributed by atoms with Gasteiger partial charge >= 0.3 is 0 Å². The molecule has 0 spiro atoms. The maximum atomic E-state index is 2.44.